The van der Waals surface area contributed by atoms with Crippen LogP contribution in [0, 0.1) is 0 Å². The summed E-state index contributed by atoms with van der Waals surface area (Å²) in [6.07, 6.45) is 5.58. The van der Waals surface area contributed by atoms with E-state index in [0.29, 0.717) is 5.92 Å². The lowest BCUT2D eigenvalue weighted by Gasteiger charge is -2.48. The third-order valence-electron chi connectivity index (χ3n) is 4.01. The number of ether oxygens (including phenoxy) is 1. The largest absolute Gasteiger partial charge is 0.367 e. The van der Waals surface area contributed by atoms with Crippen molar-refractivity contribution >= 4 is 5.82 Å². The van der Waals surface area contributed by atoms with E-state index in [4.69, 9.17) is 4.74 Å². The first-order chi connectivity index (χ1) is 10.1. The highest BCUT2D eigenvalue weighted by Crippen LogP contribution is 2.36. The maximum absolute atomic E-state index is 5.76. The van der Waals surface area contributed by atoms with Crippen molar-refractivity contribution in [1.29, 1.82) is 0 Å². The van der Waals surface area contributed by atoms with Crippen LogP contribution < -0.4 is 4.90 Å². The van der Waals surface area contributed by atoms with Crippen molar-refractivity contribution in [2.75, 3.05) is 25.1 Å². The molecule has 0 amide bonds. The summed E-state index contributed by atoms with van der Waals surface area (Å²) >= 11 is 0. The van der Waals surface area contributed by atoms with E-state index in [1.54, 1.807) is 13.3 Å². The molecule has 0 aliphatic carbocycles. The lowest BCUT2D eigenvalue weighted by Crippen LogP contribution is -2.62. The molecule has 1 fully saturated rings. The molecule has 0 aromatic carbocycles. The van der Waals surface area contributed by atoms with Gasteiger partial charge >= 0.3 is 0 Å². The second-order valence-corrected chi connectivity index (χ2v) is 5.84. The fraction of sp³-hybridized carbons (Fsp3) is 0.533. The molecule has 1 aliphatic rings. The third kappa shape index (κ3) is 2.29. The summed E-state index contributed by atoms with van der Waals surface area (Å²) in [4.78, 5) is 15.6. The lowest BCUT2D eigenvalue weighted by molar-refractivity contribution is -0.0476. The van der Waals surface area contributed by atoms with Crippen LogP contribution in [0.3, 0.4) is 0 Å². The van der Waals surface area contributed by atoms with Gasteiger partial charge in [0, 0.05) is 38.7 Å². The van der Waals surface area contributed by atoms with Crippen LogP contribution in [-0.2, 0) is 17.4 Å². The van der Waals surface area contributed by atoms with Crippen LogP contribution in [0.1, 0.15) is 31.4 Å². The molecule has 0 atom stereocenters. The Hall–Kier alpha value is -1.95. The van der Waals surface area contributed by atoms with Crippen molar-refractivity contribution in [3.8, 4) is 0 Å². The fourth-order valence-corrected chi connectivity index (χ4v) is 2.72. The second kappa shape index (κ2) is 5.11. The highest BCUT2D eigenvalue weighted by molar-refractivity contribution is 5.44. The SMILES string of the molecule is COC1(c2nccn2C)CN(c2ccnc(C(C)C)n2)C1. The molecule has 21 heavy (non-hydrogen) atoms. The van der Waals surface area contributed by atoms with E-state index in [0.717, 1.165) is 30.6 Å². The van der Waals surface area contributed by atoms with E-state index < -0.39 is 0 Å². The van der Waals surface area contributed by atoms with Gasteiger partial charge in [-0.3, -0.25) is 0 Å². The third-order valence-corrected chi connectivity index (χ3v) is 4.01. The van der Waals surface area contributed by atoms with Crippen molar-refractivity contribution in [2.24, 2.45) is 7.05 Å². The number of nitrogens with zero attached hydrogens (tertiary/aromatic N) is 5. The summed E-state index contributed by atoms with van der Waals surface area (Å²) in [5.41, 5.74) is -0.346. The predicted octanol–water partition coefficient (Wildman–Crippen LogP) is 1.70. The molecule has 1 aliphatic heterocycles. The highest BCUT2D eigenvalue weighted by atomic mass is 16.5. The zero-order valence-electron chi connectivity index (χ0n) is 12.9. The Balaban J connectivity index is 1.81. The molecular formula is C15H21N5O. The monoisotopic (exact) mass is 287 g/mol. The molecule has 0 spiro atoms. The molecular weight excluding hydrogens is 266 g/mol. The highest BCUT2D eigenvalue weighted by Gasteiger charge is 2.48. The van der Waals surface area contributed by atoms with E-state index >= 15 is 0 Å². The minimum absolute atomic E-state index is 0.327. The van der Waals surface area contributed by atoms with E-state index in [1.165, 1.54) is 0 Å². The average Bonchev–Trinajstić information content (AvgIpc) is 2.86. The standard InChI is InChI=1S/C15H21N5O/c1-11(2)13-16-6-5-12(18-13)20-9-15(10-20,21-4)14-17-7-8-19(14)3/h5-8,11H,9-10H2,1-4H3. The molecule has 6 heteroatoms. The number of hydrogen-bond acceptors (Lipinski definition) is 5. The summed E-state index contributed by atoms with van der Waals surface area (Å²) in [7, 11) is 3.73. The van der Waals surface area contributed by atoms with Gasteiger partial charge < -0.3 is 14.2 Å². The molecule has 2 aromatic rings. The van der Waals surface area contributed by atoms with Gasteiger partial charge in [0.15, 0.2) is 5.60 Å². The maximum Gasteiger partial charge on any atom is 0.160 e. The van der Waals surface area contributed by atoms with Crippen LogP contribution in [0.4, 0.5) is 5.82 Å². The minimum Gasteiger partial charge on any atom is -0.367 e. The first-order valence-electron chi connectivity index (χ1n) is 7.16. The Labute approximate surface area is 124 Å². The van der Waals surface area contributed by atoms with Gasteiger partial charge in [-0.05, 0) is 6.07 Å². The molecule has 0 saturated carbocycles. The van der Waals surface area contributed by atoms with Crippen LogP contribution >= 0.6 is 0 Å². The number of anilines is 1. The normalized spacial score (nSPS) is 17.1. The predicted molar refractivity (Wildman–Crippen MR) is 80.2 cm³/mol. The summed E-state index contributed by atoms with van der Waals surface area (Å²) in [5, 5.41) is 0. The van der Waals surface area contributed by atoms with Gasteiger partial charge in [-0.2, -0.15) is 0 Å². The Bertz CT molecular complexity index is 630. The molecule has 2 aromatic heterocycles. The number of hydrogen-bond donors (Lipinski definition) is 0. The first-order valence-corrected chi connectivity index (χ1v) is 7.16. The van der Waals surface area contributed by atoms with Crippen molar-refractivity contribution < 1.29 is 4.74 Å². The summed E-state index contributed by atoms with van der Waals surface area (Å²) < 4.78 is 7.77. The van der Waals surface area contributed by atoms with Crippen LogP contribution in [0.5, 0.6) is 0 Å². The number of aryl methyl sites for hydroxylation is 1. The topological polar surface area (TPSA) is 56.1 Å². The van der Waals surface area contributed by atoms with Crippen LogP contribution in [0.25, 0.3) is 0 Å². The Morgan fingerprint density at radius 1 is 1.24 bits per heavy atom. The zero-order chi connectivity index (χ0) is 15.0. The smallest absolute Gasteiger partial charge is 0.160 e. The van der Waals surface area contributed by atoms with Gasteiger partial charge in [0.05, 0.1) is 13.1 Å². The first kappa shape index (κ1) is 14.0. The molecule has 0 radical (unpaired) electrons. The number of aromatic nitrogens is 4. The van der Waals surface area contributed by atoms with E-state index in [1.807, 2.05) is 30.1 Å². The molecule has 1 saturated heterocycles. The quantitative estimate of drug-likeness (QED) is 0.856. The average molecular weight is 287 g/mol. The molecule has 3 heterocycles. The molecule has 3 rings (SSSR count). The zero-order valence-corrected chi connectivity index (χ0v) is 12.9. The van der Waals surface area contributed by atoms with Gasteiger partial charge in [-0.15, -0.1) is 0 Å². The minimum atomic E-state index is -0.346. The van der Waals surface area contributed by atoms with Crippen LogP contribution in [0.15, 0.2) is 24.7 Å². The molecule has 0 bridgehead atoms. The van der Waals surface area contributed by atoms with Gasteiger partial charge in [0.1, 0.15) is 17.5 Å². The van der Waals surface area contributed by atoms with Crippen molar-refractivity contribution in [1.82, 2.24) is 19.5 Å². The molecule has 6 nitrogen and oxygen atoms in total. The number of imidazole rings is 1. The molecule has 0 unspecified atom stereocenters. The molecule has 112 valence electrons. The van der Waals surface area contributed by atoms with E-state index in [2.05, 4.69) is 33.7 Å². The number of rotatable bonds is 4. The van der Waals surface area contributed by atoms with Gasteiger partial charge in [-0.25, -0.2) is 15.0 Å². The van der Waals surface area contributed by atoms with Crippen LogP contribution in [-0.4, -0.2) is 39.7 Å². The van der Waals surface area contributed by atoms with Crippen LogP contribution in [0.2, 0.25) is 0 Å². The summed E-state index contributed by atoms with van der Waals surface area (Å²) in [6, 6.07) is 1.95. The van der Waals surface area contributed by atoms with Gasteiger partial charge in [0.25, 0.3) is 0 Å². The van der Waals surface area contributed by atoms with Gasteiger partial charge in [-0.1, -0.05) is 13.8 Å². The van der Waals surface area contributed by atoms with Crippen molar-refractivity contribution in [3.63, 3.8) is 0 Å². The summed E-state index contributed by atoms with van der Waals surface area (Å²) in [5.74, 6) is 3.11. The Kier molecular flexibility index (Phi) is 3.41. The second-order valence-electron chi connectivity index (χ2n) is 5.84. The Morgan fingerprint density at radius 3 is 2.57 bits per heavy atom. The lowest BCUT2D eigenvalue weighted by atomic mass is 9.92. The van der Waals surface area contributed by atoms with Crippen molar-refractivity contribution in [2.45, 2.75) is 25.4 Å². The van der Waals surface area contributed by atoms with Gasteiger partial charge in [0.2, 0.25) is 0 Å². The Morgan fingerprint density at radius 2 is 2.00 bits per heavy atom. The fourth-order valence-electron chi connectivity index (χ4n) is 2.72. The van der Waals surface area contributed by atoms with E-state index in [-0.39, 0.29) is 5.60 Å². The van der Waals surface area contributed by atoms with Crippen molar-refractivity contribution in [3.05, 3.63) is 36.3 Å². The summed E-state index contributed by atoms with van der Waals surface area (Å²) in [6.45, 7) is 5.71. The maximum atomic E-state index is 5.76. The van der Waals surface area contributed by atoms with E-state index in [9.17, 15) is 0 Å². The number of methoxy groups -OCH3 is 1. The molecule has 0 N–H and O–H groups in total.